The van der Waals surface area contributed by atoms with Crippen LogP contribution in [-0.4, -0.2) is 33.8 Å². The first-order valence-corrected chi connectivity index (χ1v) is 12.3. The Morgan fingerprint density at radius 3 is 2.78 bits per heavy atom. The van der Waals surface area contributed by atoms with Crippen molar-refractivity contribution in [3.05, 3.63) is 87.6 Å². The van der Waals surface area contributed by atoms with Gasteiger partial charge in [0.15, 0.2) is 0 Å². The van der Waals surface area contributed by atoms with E-state index in [1.807, 2.05) is 18.2 Å². The number of aromatic hydroxyl groups is 1. The lowest BCUT2D eigenvalue weighted by Crippen LogP contribution is -2.28. The van der Waals surface area contributed by atoms with Gasteiger partial charge in [-0.1, -0.05) is 17.7 Å². The van der Waals surface area contributed by atoms with Gasteiger partial charge < -0.3 is 9.84 Å². The molecule has 1 unspecified atom stereocenters. The Bertz CT molecular complexity index is 1580. The number of amides is 1. The summed E-state index contributed by atoms with van der Waals surface area (Å²) >= 11 is 7.95. The van der Waals surface area contributed by atoms with Crippen molar-refractivity contribution in [2.45, 2.75) is 5.37 Å². The van der Waals surface area contributed by atoms with Crippen molar-refractivity contribution in [2.75, 3.05) is 17.8 Å². The third kappa shape index (κ3) is 4.91. The largest absolute Gasteiger partial charge is 0.508 e. The molecule has 1 aliphatic rings. The molecular weight excluding hydrogens is 518 g/mol. The minimum Gasteiger partial charge on any atom is -0.508 e. The number of rotatable bonds is 6. The van der Waals surface area contributed by atoms with Gasteiger partial charge in [0, 0.05) is 35.2 Å². The summed E-state index contributed by atoms with van der Waals surface area (Å²) in [6, 6.07) is 17.4. The second-order valence-electron chi connectivity index (χ2n) is 8.00. The van der Waals surface area contributed by atoms with E-state index in [-0.39, 0.29) is 33.9 Å². The van der Waals surface area contributed by atoms with Gasteiger partial charge in [-0.3, -0.25) is 19.8 Å². The Kier molecular flexibility index (Phi) is 6.64. The number of nitro groups is 1. The van der Waals surface area contributed by atoms with Crippen LogP contribution in [0, 0.1) is 10.1 Å². The second-order valence-corrected chi connectivity index (χ2v) is 9.43. The fourth-order valence-corrected chi connectivity index (χ4v) is 5.42. The van der Waals surface area contributed by atoms with E-state index < -0.39 is 10.3 Å². The van der Waals surface area contributed by atoms with Crippen molar-refractivity contribution in [1.82, 2.24) is 4.98 Å². The fraction of sp³-hybridized carbons (Fsp3) is 0.120. The van der Waals surface area contributed by atoms with E-state index in [0.29, 0.717) is 28.2 Å². The maximum atomic E-state index is 13.1. The molecule has 1 amide bonds. The number of nitrogens with zero attached hydrogens (tertiary/aromatic N) is 5. The molecule has 0 saturated carbocycles. The molecule has 0 aliphatic carbocycles. The zero-order valence-corrected chi connectivity index (χ0v) is 20.8. The Morgan fingerprint density at radius 2 is 2.00 bits per heavy atom. The number of thioether (sulfide) groups is 1. The van der Waals surface area contributed by atoms with Gasteiger partial charge >= 0.3 is 0 Å². The summed E-state index contributed by atoms with van der Waals surface area (Å²) in [5, 5.41) is 30.2. The average molecular weight is 536 g/mol. The van der Waals surface area contributed by atoms with E-state index in [2.05, 4.69) is 15.2 Å². The molecule has 37 heavy (non-hydrogen) atoms. The number of hydrogen-bond donors (Lipinski definition) is 1. The molecule has 0 spiro atoms. The van der Waals surface area contributed by atoms with Gasteiger partial charge in [-0.25, -0.2) is 4.98 Å². The van der Waals surface area contributed by atoms with Crippen molar-refractivity contribution in [3.8, 4) is 11.5 Å². The van der Waals surface area contributed by atoms with Gasteiger partial charge in [0.1, 0.15) is 27.7 Å². The molecule has 0 bridgehead atoms. The van der Waals surface area contributed by atoms with E-state index in [1.165, 1.54) is 53.1 Å². The lowest BCUT2D eigenvalue weighted by molar-refractivity contribution is -0.384. The third-order valence-electron chi connectivity index (χ3n) is 5.67. The van der Waals surface area contributed by atoms with Crippen molar-refractivity contribution in [3.63, 3.8) is 0 Å². The predicted molar refractivity (Wildman–Crippen MR) is 141 cm³/mol. The standard InChI is InChI=1S/C25H18ClN5O5S/c1-36-18-7-5-14-9-19(24(26)27-21(14)12-18)25-30(23(33)13-37-25)22-11-17(32)6-8-20(22)29-28-15-3-2-4-16(10-15)31(34)35/h2-12,25,32H,13H2,1H3. The highest BCUT2D eigenvalue weighted by Gasteiger charge is 2.37. The number of pyridine rings is 1. The van der Waals surface area contributed by atoms with Gasteiger partial charge in [-0.05, 0) is 36.4 Å². The zero-order valence-electron chi connectivity index (χ0n) is 19.2. The number of methoxy groups -OCH3 is 1. The molecule has 1 atom stereocenters. The quantitative estimate of drug-likeness (QED) is 0.126. The van der Waals surface area contributed by atoms with Crippen LogP contribution in [0.5, 0.6) is 11.5 Å². The van der Waals surface area contributed by atoms with Crippen molar-refractivity contribution >= 4 is 62.9 Å². The number of azo groups is 1. The molecular formula is C25H18ClN5O5S. The normalized spacial score (nSPS) is 15.6. The predicted octanol–water partition coefficient (Wildman–Crippen LogP) is 6.70. The Hall–Kier alpha value is -4.22. The number of ether oxygens (including phenoxy) is 1. The highest BCUT2D eigenvalue weighted by atomic mass is 35.5. The number of halogens is 1. The van der Waals surface area contributed by atoms with Crippen molar-refractivity contribution in [2.24, 2.45) is 10.2 Å². The molecule has 12 heteroatoms. The molecule has 3 aromatic carbocycles. The van der Waals surface area contributed by atoms with E-state index in [4.69, 9.17) is 16.3 Å². The molecule has 1 fully saturated rings. The monoisotopic (exact) mass is 535 g/mol. The molecule has 4 aromatic rings. The third-order valence-corrected chi connectivity index (χ3v) is 7.17. The highest BCUT2D eigenvalue weighted by Crippen LogP contribution is 2.48. The van der Waals surface area contributed by atoms with Gasteiger partial charge in [-0.15, -0.1) is 16.9 Å². The molecule has 1 aliphatic heterocycles. The van der Waals surface area contributed by atoms with Crippen LogP contribution in [0.1, 0.15) is 10.9 Å². The van der Waals surface area contributed by atoms with Crippen LogP contribution in [-0.2, 0) is 4.79 Å². The van der Waals surface area contributed by atoms with Crippen LogP contribution in [0.15, 0.2) is 77.0 Å². The number of non-ortho nitro benzene ring substituents is 1. The molecule has 186 valence electrons. The number of phenols is 1. The van der Waals surface area contributed by atoms with Gasteiger partial charge in [0.2, 0.25) is 5.91 Å². The van der Waals surface area contributed by atoms with Gasteiger partial charge in [-0.2, -0.15) is 5.11 Å². The molecule has 0 radical (unpaired) electrons. The van der Waals surface area contributed by atoms with Gasteiger partial charge in [0.25, 0.3) is 5.69 Å². The number of carbonyl (C=O) groups is 1. The maximum Gasteiger partial charge on any atom is 0.271 e. The molecule has 5 rings (SSSR count). The number of phenolic OH excluding ortho intramolecular Hbond substituents is 1. The first kappa shape index (κ1) is 24.5. The summed E-state index contributed by atoms with van der Waals surface area (Å²) in [5.74, 6) is 0.550. The van der Waals surface area contributed by atoms with Crippen LogP contribution in [0.4, 0.5) is 22.7 Å². The Labute approximate surface area is 219 Å². The number of fused-ring (bicyclic) bond motifs is 1. The van der Waals surface area contributed by atoms with Crippen LogP contribution in [0.25, 0.3) is 10.9 Å². The van der Waals surface area contributed by atoms with Crippen LogP contribution in [0.2, 0.25) is 5.15 Å². The zero-order chi connectivity index (χ0) is 26.1. The fourth-order valence-electron chi connectivity index (χ4n) is 3.92. The van der Waals surface area contributed by atoms with Gasteiger partial charge in [0.05, 0.1) is 34.7 Å². The lowest BCUT2D eigenvalue weighted by Gasteiger charge is -2.26. The Morgan fingerprint density at radius 1 is 1.16 bits per heavy atom. The molecule has 1 aromatic heterocycles. The molecule has 10 nitrogen and oxygen atoms in total. The summed E-state index contributed by atoms with van der Waals surface area (Å²) < 4.78 is 5.26. The van der Waals surface area contributed by atoms with E-state index in [1.54, 1.807) is 19.2 Å². The van der Waals surface area contributed by atoms with E-state index >= 15 is 0 Å². The summed E-state index contributed by atoms with van der Waals surface area (Å²) in [5.41, 5.74) is 2.03. The minimum atomic E-state index is -0.535. The number of benzene rings is 3. The highest BCUT2D eigenvalue weighted by molar-refractivity contribution is 8.00. The first-order valence-electron chi connectivity index (χ1n) is 10.9. The second kappa shape index (κ2) is 10.0. The van der Waals surface area contributed by atoms with E-state index in [9.17, 15) is 20.0 Å². The lowest BCUT2D eigenvalue weighted by atomic mass is 10.1. The number of hydrogen-bond acceptors (Lipinski definition) is 9. The van der Waals surface area contributed by atoms with Crippen LogP contribution < -0.4 is 9.64 Å². The smallest absolute Gasteiger partial charge is 0.271 e. The number of nitro benzene ring substituents is 1. The molecule has 2 heterocycles. The minimum absolute atomic E-state index is 0.0671. The van der Waals surface area contributed by atoms with Crippen LogP contribution in [0.3, 0.4) is 0 Å². The Balaban J connectivity index is 1.55. The van der Waals surface area contributed by atoms with E-state index in [0.717, 1.165) is 5.39 Å². The summed E-state index contributed by atoms with van der Waals surface area (Å²) in [6.45, 7) is 0. The first-order chi connectivity index (χ1) is 17.8. The van der Waals surface area contributed by atoms with Crippen LogP contribution >= 0.6 is 23.4 Å². The summed E-state index contributed by atoms with van der Waals surface area (Å²) in [4.78, 5) is 29.6. The molecule has 1 N–H and O–H groups in total. The van der Waals surface area contributed by atoms with Crippen molar-refractivity contribution < 1.29 is 19.6 Å². The average Bonchev–Trinajstić information content (AvgIpc) is 3.28. The number of aromatic nitrogens is 1. The topological polar surface area (TPSA) is 131 Å². The molecule has 1 saturated heterocycles. The SMILES string of the molecule is COc1ccc2cc(C3SCC(=O)N3c3cc(O)ccc3N=Nc3cccc([N+](=O)[O-])c3)c(Cl)nc2c1. The summed E-state index contributed by atoms with van der Waals surface area (Å²) in [6.07, 6.45) is 0. The number of anilines is 1. The number of carbonyl (C=O) groups excluding carboxylic acids is 1. The van der Waals surface area contributed by atoms with Crippen molar-refractivity contribution in [1.29, 1.82) is 0 Å². The maximum absolute atomic E-state index is 13.1. The summed E-state index contributed by atoms with van der Waals surface area (Å²) in [7, 11) is 1.57.